The number of hydrogen-bond acceptors (Lipinski definition) is 2. The van der Waals surface area contributed by atoms with E-state index in [0.29, 0.717) is 11.2 Å². The SMILES string of the molecule is CC1(C)CCc2c(N)ncn2C1. The summed E-state index contributed by atoms with van der Waals surface area (Å²) in [6, 6.07) is 0. The number of imidazole rings is 1. The molecule has 66 valence electrons. The van der Waals surface area contributed by atoms with Crippen LogP contribution in [0.5, 0.6) is 0 Å². The zero-order valence-corrected chi connectivity index (χ0v) is 7.67. The quantitative estimate of drug-likeness (QED) is 0.632. The summed E-state index contributed by atoms with van der Waals surface area (Å²) in [6.45, 7) is 5.62. The molecule has 0 radical (unpaired) electrons. The first-order chi connectivity index (χ1) is 5.58. The minimum absolute atomic E-state index is 0.403. The summed E-state index contributed by atoms with van der Waals surface area (Å²) in [5, 5.41) is 0. The van der Waals surface area contributed by atoms with Crippen molar-refractivity contribution in [1.29, 1.82) is 0 Å². The molecule has 1 aromatic rings. The van der Waals surface area contributed by atoms with Gasteiger partial charge in [0, 0.05) is 6.54 Å². The molecular formula is C9H15N3. The van der Waals surface area contributed by atoms with Crippen LogP contribution < -0.4 is 5.73 Å². The van der Waals surface area contributed by atoms with Crippen molar-refractivity contribution < 1.29 is 0 Å². The zero-order chi connectivity index (χ0) is 8.77. The van der Waals surface area contributed by atoms with Crippen LogP contribution in [0.25, 0.3) is 0 Å². The first kappa shape index (κ1) is 7.65. The first-order valence-electron chi connectivity index (χ1n) is 4.38. The van der Waals surface area contributed by atoms with Crippen LogP contribution in [0.3, 0.4) is 0 Å². The van der Waals surface area contributed by atoms with Crippen LogP contribution in [-0.2, 0) is 13.0 Å². The second-order valence-electron chi connectivity index (χ2n) is 4.37. The highest BCUT2D eigenvalue weighted by Gasteiger charge is 2.26. The van der Waals surface area contributed by atoms with Gasteiger partial charge < -0.3 is 10.3 Å². The third kappa shape index (κ3) is 1.09. The molecule has 2 heterocycles. The zero-order valence-electron chi connectivity index (χ0n) is 7.67. The number of anilines is 1. The third-order valence-electron chi connectivity index (χ3n) is 2.62. The van der Waals surface area contributed by atoms with Crippen LogP contribution in [-0.4, -0.2) is 9.55 Å². The van der Waals surface area contributed by atoms with E-state index < -0.39 is 0 Å². The second-order valence-corrected chi connectivity index (χ2v) is 4.37. The van der Waals surface area contributed by atoms with E-state index in [2.05, 4.69) is 23.4 Å². The topological polar surface area (TPSA) is 43.8 Å². The van der Waals surface area contributed by atoms with Gasteiger partial charge in [-0.1, -0.05) is 13.8 Å². The van der Waals surface area contributed by atoms with Gasteiger partial charge in [0.15, 0.2) is 0 Å². The lowest BCUT2D eigenvalue weighted by atomic mass is 9.84. The lowest BCUT2D eigenvalue weighted by molar-refractivity contribution is 0.250. The first-order valence-corrected chi connectivity index (χ1v) is 4.38. The predicted molar refractivity (Wildman–Crippen MR) is 48.7 cm³/mol. The number of fused-ring (bicyclic) bond motifs is 1. The number of hydrogen-bond donors (Lipinski definition) is 1. The lowest BCUT2D eigenvalue weighted by Gasteiger charge is -2.30. The van der Waals surface area contributed by atoms with Gasteiger partial charge in [-0.3, -0.25) is 0 Å². The molecule has 2 rings (SSSR count). The van der Waals surface area contributed by atoms with Gasteiger partial charge in [-0.25, -0.2) is 4.98 Å². The van der Waals surface area contributed by atoms with Crippen molar-refractivity contribution >= 4 is 5.82 Å². The highest BCUT2D eigenvalue weighted by atomic mass is 15.1. The minimum atomic E-state index is 0.403. The van der Waals surface area contributed by atoms with Crippen LogP contribution in [0.4, 0.5) is 5.82 Å². The monoisotopic (exact) mass is 165 g/mol. The molecule has 3 nitrogen and oxygen atoms in total. The fourth-order valence-corrected chi connectivity index (χ4v) is 1.83. The smallest absolute Gasteiger partial charge is 0.144 e. The van der Waals surface area contributed by atoms with Crippen molar-refractivity contribution in [3.8, 4) is 0 Å². The molecule has 0 fully saturated rings. The van der Waals surface area contributed by atoms with Gasteiger partial charge >= 0.3 is 0 Å². The molecule has 1 aliphatic heterocycles. The van der Waals surface area contributed by atoms with E-state index in [1.165, 1.54) is 12.1 Å². The van der Waals surface area contributed by atoms with Gasteiger partial charge in [0.1, 0.15) is 5.82 Å². The van der Waals surface area contributed by atoms with Gasteiger partial charge in [-0.2, -0.15) is 0 Å². The van der Waals surface area contributed by atoms with E-state index in [9.17, 15) is 0 Å². The molecule has 0 aliphatic carbocycles. The fourth-order valence-electron chi connectivity index (χ4n) is 1.83. The Bertz CT molecular complexity index is 299. The summed E-state index contributed by atoms with van der Waals surface area (Å²) in [7, 11) is 0. The molecule has 12 heavy (non-hydrogen) atoms. The average Bonchev–Trinajstić information content (AvgIpc) is 2.30. The van der Waals surface area contributed by atoms with E-state index in [0.717, 1.165) is 13.0 Å². The highest BCUT2D eigenvalue weighted by Crippen LogP contribution is 2.32. The van der Waals surface area contributed by atoms with Crippen molar-refractivity contribution in [3.63, 3.8) is 0 Å². The van der Waals surface area contributed by atoms with Crippen LogP contribution in [0, 0.1) is 5.41 Å². The lowest BCUT2D eigenvalue weighted by Crippen LogP contribution is -2.26. The molecule has 0 amide bonds. The largest absolute Gasteiger partial charge is 0.382 e. The Morgan fingerprint density at radius 3 is 3.08 bits per heavy atom. The van der Waals surface area contributed by atoms with E-state index in [1.54, 1.807) is 0 Å². The van der Waals surface area contributed by atoms with E-state index in [-0.39, 0.29) is 0 Å². The standard InChI is InChI=1S/C9H15N3/c1-9(2)4-3-7-8(10)11-6-12(7)5-9/h6H,3-5,10H2,1-2H3. The maximum atomic E-state index is 5.72. The summed E-state index contributed by atoms with van der Waals surface area (Å²) in [5.74, 6) is 0.713. The second kappa shape index (κ2) is 2.25. The molecular weight excluding hydrogens is 150 g/mol. The summed E-state index contributed by atoms with van der Waals surface area (Å²) in [6.07, 6.45) is 4.13. The van der Waals surface area contributed by atoms with Gasteiger partial charge in [0.2, 0.25) is 0 Å². The van der Waals surface area contributed by atoms with Gasteiger partial charge in [0.05, 0.1) is 12.0 Å². The van der Waals surface area contributed by atoms with Crippen LogP contribution >= 0.6 is 0 Å². The Labute approximate surface area is 72.6 Å². The Morgan fingerprint density at radius 1 is 1.58 bits per heavy atom. The Balaban J connectivity index is 2.37. The third-order valence-corrected chi connectivity index (χ3v) is 2.62. The molecule has 0 saturated carbocycles. The Morgan fingerprint density at radius 2 is 2.33 bits per heavy atom. The van der Waals surface area contributed by atoms with E-state index in [4.69, 9.17) is 5.73 Å². The summed E-state index contributed by atoms with van der Waals surface area (Å²) < 4.78 is 2.18. The number of rotatable bonds is 0. The summed E-state index contributed by atoms with van der Waals surface area (Å²) in [4.78, 5) is 4.10. The van der Waals surface area contributed by atoms with Crippen molar-refractivity contribution in [2.75, 3.05) is 5.73 Å². The molecule has 0 saturated heterocycles. The number of nitrogen functional groups attached to an aromatic ring is 1. The van der Waals surface area contributed by atoms with Gasteiger partial charge in [0.25, 0.3) is 0 Å². The normalized spacial score (nSPS) is 20.5. The number of nitrogens with zero attached hydrogens (tertiary/aromatic N) is 2. The molecule has 0 bridgehead atoms. The predicted octanol–water partition coefficient (Wildman–Crippen LogP) is 1.44. The van der Waals surface area contributed by atoms with Crippen LogP contribution in [0.1, 0.15) is 26.0 Å². The van der Waals surface area contributed by atoms with Crippen molar-refractivity contribution in [2.24, 2.45) is 5.41 Å². The average molecular weight is 165 g/mol. The number of nitrogens with two attached hydrogens (primary N) is 1. The Hall–Kier alpha value is -0.990. The summed E-state index contributed by atoms with van der Waals surface area (Å²) >= 11 is 0. The molecule has 3 heteroatoms. The maximum absolute atomic E-state index is 5.72. The molecule has 1 aromatic heterocycles. The summed E-state index contributed by atoms with van der Waals surface area (Å²) in [5.41, 5.74) is 7.34. The minimum Gasteiger partial charge on any atom is -0.382 e. The van der Waals surface area contributed by atoms with Crippen molar-refractivity contribution in [2.45, 2.75) is 33.2 Å². The number of aromatic nitrogens is 2. The van der Waals surface area contributed by atoms with Gasteiger partial charge in [-0.05, 0) is 18.3 Å². The van der Waals surface area contributed by atoms with Crippen LogP contribution in [0.2, 0.25) is 0 Å². The highest BCUT2D eigenvalue weighted by molar-refractivity contribution is 5.35. The molecule has 2 N–H and O–H groups in total. The molecule has 0 unspecified atom stereocenters. The molecule has 0 atom stereocenters. The van der Waals surface area contributed by atoms with Crippen molar-refractivity contribution in [1.82, 2.24) is 9.55 Å². The Kier molecular flexibility index (Phi) is 1.43. The van der Waals surface area contributed by atoms with Gasteiger partial charge in [-0.15, -0.1) is 0 Å². The molecule has 1 aliphatic rings. The van der Waals surface area contributed by atoms with E-state index >= 15 is 0 Å². The molecule has 0 spiro atoms. The van der Waals surface area contributed by atoms with E-state index in [1.807, 2.05) is 6.33 Å². The maximum Gasteiger partial charge on any atom is 0.144 e. The van der Waals surface area contributed by atoms with Crippen LogP contribution in [0.15, 0.2) is 6.33 Å². The fraction of sp³-hybridized carbons (Fsp3) is 0.667. The molecule has 0 aromatic carbocycles. The van der Waals surface area contributed by atoms with Crippen molar-refractivity contribution in [3.05, 3.63) is 12.0 Å².